The van der Waals surface area contributed by atoms with Gasteiger partial charge in [-0.2, -0.15) is 5.10 Å². The first kappa shape index (κ1) is 20.3. The van der Waals surface area contributed by atoms with Crippen molar-refractivity contribution in [2.45, 2.75) is 64.4 Å². The summed E-state index contributed by atoms with van der Waals surface area (Å²) in [7, 11) is -0.498. The van der Waals surface area contributed by atoms with Gasteiger partial charge in [0.1, 0.15) is 5.59 Å². The molecular formula is C22H32BN3O4. The summed E-state index contributed by atoms with van der Waals surface area (Å²) in [5, 5.41) is 6.09. The summed E-state index contributed by atoms with van der Waals surface area (Å²) in [6, 6.07) is 6.58. The van der Waals surface area contributed by atoms with Crippen LogP contribution in [0.4, 0.5) is 5.69 Å². The van der Waals surface area contributed by atoms with Gasteiger partial charge in [-0.3, -0.25) is 0 Å². The van der Waals surface area contributed by atoms with Gasteiger partial charge in [0.05, 0.1) is 29.9 Å². The zero-order chi connectivity index (χ0) is 20.9. The lowest BCUT2D eigenvalue weighted by atomic mass is 9.82. The molecule has 1 aromatic heterocycles. The number of fused-ring (bicyclic) bond motifs is 1. The number of nitrogens with zero attached hydrogens (tertiary/aromatic N) is 3. The van der Waals surface area contributed by atoms with E-state index in [0.29, 0.717) is 0 Å². The SMILES string of the molecule is CC1(C)OB(c2nn(C3CCCCO3)c3ccc(N4CCOCC4)cc23)OC1(C)C. The third-order valence-electron chi connectivity index (χ3n) is 7.00. The van der Waals surface area contributed by atoms with Gasteiger partial charge in [-0.05, 0) is 65.2 Å². The minimum Gasteiger partial charge on any atom is -0.398 e. The maximum Gasteiger partial charge on any atom is 0.517 e. The zero-order valence-corrected chi connectivity index (χ0v) is 18.5. The van der Waals surface area contributed by atoms with Crippen LogP contribution >= 0.6 is 0 Å². The Balaban J connectivity index is 1.58. The second-order valence-corrected chi connectivity index (χ2v) is 9.54. The lowest BCUT2D eigenvalue weighted by molar-refractivity contribution is -0.0364. The maximum atomic E-state index is 6.37. The van der Waals surface area contributed by atoms with Crippen LogP contribution in [0.3, 0.4) is 0 Å². The first-order chi connectivity index (χ1) is 14.4. The summed E-state index contributed by atoms with van der Waals surface area (Å²) >= 11 is 0. The van der Waals surface area contributed by atoms with Gasteiger partial charge in [-0.1, -0.05) is 0 Å². The molecule has 4 heterocycles. The lowest BCUT2D eigenvalue weighted by Crippen LogP contribution is -2.41. The molecule has 3 aliphatic heterocycles. The molecule has 0 spiro atoms. The van der Waals surface area contributed by atoms with E-state index in [4.69, 9.17) is 23.9 Å². The van der Waals surface area contributed by atoms with Crippen LogP contribution in [0.2, 0.25) is 0 Å². The molecule has 2 aromatic rings. The summed E-state index contributed by atoms with van der Waals surface area (Å²) < 4.78 is 26.4. The summed E-state index contributed by atoms with van der Waals surface area (Å²) in [4.78, 5) is 2.37. The van der Waals surface area contributed by atoms with Crippen LogP contribution in [-0.4, -0.2) is 61.0 Å². The molecule has 5 rings (SSSR count). The first-order valence-corrected chi connectivity index (χ1v) is 11.2. The summed E-state index contributed by atoms with van der Waals surface area (Å²) in [5.74, 6) is 0. The van der Waals surface area contributed by atoms with Crippen molar-refractivity contribution < 1.29 is 18.8 Å². The van der Waals surface area contributed by atoms with Crippen LogP contribution in [0.5, 0.6) is 0 Å². The van der Waals surface area contributed by atoms with Gasteiger partial charge in [-0.15, -0.1) is 0 Å². The van der Waals surface area contributed by atoms with Crippen LogP contribution in [0, 0.1) is 0 Å². The third-order valence-corrected chi connectivity index (χ3v) is 7.00. The number of hydrogen-bond acceptors (Lipinski definition) is 6. The second kappa shape index (κ2) is 7.52. The molecule has 30 heavy (non-hydrogen) atoms. The summed E-state index contributed by atoms with van der Waals surface area (Å²) in [5.41, 5.74) is 2.29. The van der Waals surface area contributed by atoms with Gasteiger partial charge in [0.2, 0.25) is 0 Å². The molecule has 1 atom stereocenters. The van der Waals surface area contributed by atoms with E-state index in [-0.39, 0.29) is 6.23 Å². The van der Waals surface area contributed by atoms with Crippen LogP contribution in [0.15, 0.2) is 18.2 Å². The highest BCUT2D eigenvalue weighted by atomic mass is 16.7. The minimum absolute atomic E-state index is 0.0355. The van der Waals surface area contributed by atoms with Gasteiger partial charge in [0.15, 0.2) is 6.23 Å². The Morgan fingerprint density at radius 3 is 2.40 bits per heavy atom. The Labute approximate surface area is 178 Å². The fourth-order valence-electron chi connectivity index (χ4n) is 4.44. The van der Waals surface area contributed by atoms with Crippen molar-refractivity contribution in [2.24, 2.45) is 0 Å². The molecule has 0 N–H and O–H groups in total. The fourth-order valence-corrected chi connectivity index (χ4v) is 4.44. The van der Waals surface area contributed by atoms with E-state index in [1.807, 2.05) is 4.68 Å². The smallest absolute Gasteiger partial charge is 0.398 e. The van der Waals surface area contributed by atoms with Crippen molar-refractivity contribution in [1.82, 2.24) is 9.78 Å². The predicted molar refractivity (Wildman–Crippen MR) is 117 cm³/mol. The summed E-state index contributed by atoms with van der Waals surface area (Å²) in [6.07, 6.45) is 3.21. The Bertz CT molecular complexity index is 900. The molecule has 8 heteroatoms. The molecule has 3 fully saturated rings. The van der Waals surface area contributed by atoms with E-state index >= 15 is 0 Å². The Morgan fingerprint density at radius 2 is 1.73 bits per heavy atom. The minimum atomic E-state index is -0.498. The number of anilines is 1. The van der Waals surface area contributed by atoms with E-state index < -0.39 is 18.3 Å². The molecule has 0 saturated carbocycles. The molecule has 7 nitrogen and oxygen atoms in total. The quantitative estimate of drug-likeness (QED) is 0.722. The number of hydrogen-bond donors (Lipinski definition) is 0. The molecule has 162 valence electrons. The normalized spacial score (nSPS) is 26.5. The van der Waals surface area contributed by atoms with Gasteiger partial charge in [-0.25, -0.2) is 4.68 Å². The van der Waals surface area contributed by atoms with Crippen LogP contribution in [-0.2, 0) is 18.8 Å². The van der Waals surface area contributed by atoms with Crippen LogP contribution < -0.4 is 10.5 Å². The number of ether oxygens (including phenoxy) is 2. The van der Waals surface area contributed by atoms with E-state index in [1.165, 1.54) is 5.69 Å². The van der Waals surface area contributed by atoms with Crippen LogP contribution in [0.1, 0.15) is 53.2 Å². The van der Waals surface area contributed by atoms with Crippen molar-refractivity contribution >= 4 is 29.3 Å². The van der Waals surface area contributed by atoms with Gasteiger partial charge >= 0.3 is 7.12 Å². The van der Waals surface area contributed by atoms with Crippen molar-refractivity contribution in [1.29, 1.82) is 0 Å². The number of morpholine rings is 1. The monoisotopic (exact) mass is 413 g/mol. The van der Waals surface area contributed by atoms with Gasteiger partial charge in [0.25, 0.3) is 0 Å². The van der Waals surface area contributed by atoms with Gasteiger partial charge < -0.3 is 23.7 Å². The summed E-state index contributed by atoms with van der Waals surface area (Å²) in [6.45, 7) is 12.4. The molecule has 0 radical (unpaired) electrons. The first-order valence-electron chi connectivity index (χ1n) is 11.2. The number of aromatic nitrogens is 2. The van der Waals surface area contributed by atoms with Crippen molar-refractivity contribution in [3.63, 3.8) is 0 Å². The van der Waals surface area contributed by atoms with Gasteiger partial charge in [0, 0.05) is 30.8 Å². The molecule has 0 bridgehead atoms. The Morgan fingerprint density at radius 1 is 1.00 bits per heavy atom. The lowest BCUT2D eigenvalue weighted by Gasteiger charge is -2.32. The Hall–Kier alpha value is -1.61. The highest BCUT2D eigenvalue weighted by Crippen LogP contribution is 2.37. The molecule has 0 amide bonds. The molecule has 3 aliphatic rings. The molecule has 0 aliphatic carbocycles. The van der Waals surface area contributed by atoms with E-state index in [2.05, 4.69) is 50.8 Å². The van der Waals surface area contributed by atoms with Crippen molar-refractivity contribution in [3.8, 4) is 0 Å². The second-order valence-electron chi connectivity index (χ2n) is 9.54. The number of benzene rings is 1. The molecule has 1 aromatic carbocycles. The zero-order valence-electron chi connectivity index (χ0n) is 18.5. The Kier molecular flexibility index (Phi) is 5.09. The topological polar surface area (TPSA) is 58.0 Å². The molecular weight excluding hydrogens is 381 g/mol. The predicted octanol–water partition coefficient (Wildman–Crippen LogP) is 2.87. The third kappa shape index (κ3) is 3.44. The molecule has 3 saturated heterocycles. The maximum absolute atomic E-state index is 6.37. The average Bonchev–Trinajstić information content (AvgIpc) is 3.22. The fraction of sp³-hybridized carbons (Fsp3) is 0.682. The highest BCUT2D eigenvalue weighted by Gasteiger charge is 2.53. The average molecular weight is 413 g/mol. The largest absolute Gasteiger partial charge is 0.517 e. The van der Waals surface area contributed by atoms with E-state index in [0.717, 1.165) is 68.7 Å². The number of rotatable bonds is 3. The van der Waals surface area contributed by atoms with E-state index in [1.54, 1.807) is 0 Å². The molecule has 1 unspecified atom stereocenters. The van der Waals surface area contributed by atoms with Crippen molar-refractivity contribution in [2.75, 3.05) is 37.8 Å². The van der Waals surface area contributed by atoms with Crippen LogP contribution in [0.25, 0.3) is 10.9 Å². The highest BCUT2D eigenvalue weighted by molar-refractivity contribution is 6.64. The van der Waals surface area contributed by atoms with E-state index in [9.17, 15) is 0 Å². The van der Waals surface area contributed by atoms with Crippen molar-refractivity contribution in [3.05, 3.63) is 18.2 Å². The standard InChI is InChI=1S/C22H32BN3O4/c1-21(2)22(3,4)30-23(29-21)20-17-15-16(25-10-13-27-14-11-25)8-9-18(17)26(24-20)19-7-5-6-12-28-19/h8-9,15,19H,5-7,10-14H2,1-4H3.